The van der Waals surface area contributed by atoms with Crippen LogP contribution in [0.15, 0.2) is 85.2 Å². The fraction of sp³-hybridized carbons (Fsp3) is 0.269. The molecule has 0 unspecified atom stereocenters. The van der Waals surface area contributed by atoms with Crippen molar-refractivity contribution < 1.29 is 9.59 Å². The summed E-state index contributed by atoms with van der Waals surface area (Å²) in [4.78, 5) is 31.7. The summed E-state index contributed by atoms with van der Waals surface area (Å²) < 4.78 is 0. The number of hydrogen-bond donors (Lipinski definition) is 1. The molecule has 1 N–H and O–H groups in total. The lowest BCUT2D eigenvalue weighted by Crippen LogP contribution is -2.43. The molecule has 0 saturated carbocycles. The van der Waals surface area contributed by atoms with Crippen LogP contribution in [-0.2, 0) is 4.79 Å². The molecule has 2 amide bonds. The summed E-state index contributed by atoms with van der Waals surface area (Å²) in [5.41, 5.74) is 2.61. The third-order valence-corrected chi connectivity index (χ3v) is 5.91. The third kappa shape index (κ3) is 5.18. The van der Waals surface area contributed by atoms with Crippen molar-refractivity contribution in [2.75, 3.05) is 19.6 Å². The lowest BCUT2D eigenvalue weighted by Gasteiger charge is -2.34. The molecule has 31 heavy (non-hydrogen) atoms. The van der Waals surface area contributed by atoms with Crippen molar-refractivity contribution in [3.05, 3.63) is 102 Å². The number of rotatable bonds is 6. The molecular weight excluding hydrogens is 386 g/mol. The van der Waals surface area contributed by atoms with Crippen molar-refractivity contribution in [3.63, 3.8) is 0 Å². The standard InChI is InChI=1S/C26H27N3O2/c30-25(23-12-7-15-27-19-23)28-18-20-13-16-29(17-14-20)26(31)24(21-8-3-1-4-9-21)22-10-5-2-6-11-22/h1-12,15,19-20,24H,13-14,16-18H2,(H,28,30). The van der Waals surface area contributed by atoms with Gasteiger partial charge in [0.15, 0.2) is 0 Å². The van der Waals surface area contributed by atoms with E-state index >= 15 is 0 Å². The van der Waals surface area contributed by atoms with Crippen LogP contribution in [-0.4, -0.2) is 41.3 Å². The molecule has 3 aromatic rings. The van der Waals surface area contributed by atoms with Gasteiger partial charge in [0.05, 0.1) is 11.5 Å². The molecule has 4 rings (SSSR count). The van der Waals surface area contributed by atoms with Crippen LogP contribution in [0, 0.1) is 5.92 Å². The zero-order valence-electron chi connectivity index (χ0n) is 17.5. The molecule has 0 spiro atoms. The highest BCUT2D eigenvalue weighted by Crippen LogP contribution is 2.29. The first-order valence-electron chi connectivity index (χ1n) is 10.8. The van der Waals surface area contributed by atoms with Crippen molar-refractivity contribution in [2.24, 2.45) is 5.92 Å². The number of pyridine rings is 1. The molecule has 5 heteroatoms. The number of amides is 2. The fourth-order valence-corrected chi connectivity index (χ4v) is 4.14. The average molecular weight is 414 g/mol. The maximum Gasteiger partial charge on any atom is 0.252 e. The Balaban J connectivity index is 1.37. The number of nitrogens with one attached hydrogen (secondary N) is 1. The zero-order valence-corrected chi connectivity index (χ0v) is 17.5. The number of nitrogens with zero attached hydrogens (tertiary/aromatic N) is 2. The van der Waals surface area contributed by atoms with Gasteiger partial charge in [-0.25, -0.2) is 0 Å². The van der Waals surface area contributed by atoms with Gasteiger partial charge in [-0.15, -0.1) is 0 Å². The summed E-state index contributed by atoms with van der Waals surface area (Å²) in [5.74, 6) is 0.135. The molecule has 0 radical (unpaired) electrons. The Hall–Kier alpha value is -3.47. The van der Waals surface area contributed by atoms with E-state index in [9.17, 15) is 9.59 Å². The minimum absolute atomic E-state index is 0.0974. The maximum atomic E-state index is 13.5. The monoisotopic (exact) mass is 413 g/mol. The Labute approximate surface area is 183 Å². The summed E-state index contributed by atoms with van der Waals surface area (Å²) in [6.45, 7) is 2.04. The number of likely N-dealkylation sites (tertiary alicyclic amines) is 1. The molecule has 1 aromatic heterocycles. The van der Waals surface area contributed by atoms with Gasteiger partial charge in [-0.05, 0) is 42.0 Å². The summed E-state index contributed by atoms with van der Waals surface area (Å²) in [6.07, 6.45) is 5.00. The second kappa shape index (κ2) is 10.0. The number of hydrogen-bond acceptors (Lipinski definition) is 3. The molecule has 0 aliphatic carbocycles. The molecule has 1 saturated heterocycles. The molecule has 5 nitrogen and oxygen atoms in total. The van der Waals surface area contributed by atoms with Crippen LogP contribution < -0.4 is 5.32 Å². The minimum Gasteiger partial charge on any atom is -0.352 e. The molecule has 0 bridgehead atoms. The van der Waals surface area contributed by atoms with Crippen LogP contribution in [0.3, 0.4) is 0 Å². The third-order valence-electron chi connectivity index (χ3n) is 5.91. The SMILES string of the molecule is O=C(NCC1CCN(C(=O)C(c2ccccc2)c2ccccc2)CC1)c1cccnc1. The molecule has 1 aliphatic rings. The van der Waals surface area contributed by atoms with Crippen molar-refractivity contribution in [3.8, 4) is 0 Å². The van der Waals surface area contributed by atoms with E-state index in [1.165, 1.54) is 0 Å². The van der Waals surface area contributed by atoms with E-state index in [4.69, 9.17) is 0 Å². The Bertz CT molecular complexity index is 945. The van der Waals surface area contributed by atoms with E-state index < -0.39 is 0 Å². The second-order valence-electron chi connectivity index (χ2n) is 7.97. The number of carbonyl (C=O) groups excluding carboxylic acids is 2. The van der Waals surface area contributed by atoms with Crippen molar-refractivity contribution in [2.45, 2.75) is 18.8 Å². The van der Waals surface area contributed by atoms with Crippen molar-refractivity contribution in [1.29, 1.82) is 0 Å². The molecular formula is C26H27N3O2. The Morgan fingerprint density at radius 3 is 2.06 bits per heavy atom. The summed E-state index contributed by atoms with van der Waals surface area (Å²) in [7, 11) is 0. The minimum atomic E-state index is -0.288. The number of piperidine rings is 1. The lowest BCUT2D eigenvalue weighted by atomic mass is 9.88. The Morgan fingerprint density at radius 1 is 0.903 bits per heavy atom. The first kappa shape index (κ1) is 20.8. The van der Waals surface area contributed by atoms with Crippen LogP contribution in [0.5, 0.6) is 0 Å². The first-order valence-corrected chi connectivity index (χ1v) is 10.8. The van der Waals surface area contributed by atoms with E-state index in [0.29, 0.717) is 31.1 Å². The highest BCUT2D eigenvalue weighted by Gasteiger charge is 2.30. The van der Waals surface area contributed by atoms with Gasteiger partial charge in [0.25, 0.3) is 5.91 Å². The molecule has 2 aromatic carbocycles. The van der Waals surface area contributed by atoms with Crippen LogP contribution in [0.25, 0.3) is 0 Å². The summed E-state index contributed by atoms with van der Waals surface area (Å²) in [6, 6.07) is 23.5. The Morgan fingerprint density at radius 2 is 1.52 bits per heavy atom. The molecule has 2 heterocycles. The van der Waals surface area contributed by atoms with Crippen molar-refractivity contribution in [1.82, 2.24) is 15.2 Å². The highest BCUT2D eigenvalue weighted by molar-refractivity contribution is 5.93. The predicted molar refractivity (Wildman–Crippen MR) is 121 cm³/mol. The summed E-state index contributed by atoms with van der Waals surface area (Å²) in [5, 5.41) is 3.00. The van der Waals surface area contributed by atoms with Gasteiger partial charge in [0.1, 0.15) is 0 Å². The second-order valence-corrected chi connectivity index (χ2v) is 7.97. The first-order chi connectivity index (χ1) is 15.2. The van der Waals surface area contributed by atoms with Gasteiger partial charge in [0, 0.05) is 32.0 Å². The van der Waals surface area contributed by atoms with E-state index in [2.05, 4.69) is 10.3 Å². The van der Waals surface area contributed by atoms with Gasteiger partial charge in [-0.1, -0.05) is 60.7 Å². The van der Waals surface area contributed by atoms with Crippen LogP contribution in [0.2, 0.25) is 0 Å². The van der Waals surface area contributed by atoms with Gasteiger partial charge in [0.2, 0.25) is 5.91 Å². The van der Waals surface area contributed by atoms with Gasteiger partial charge < -0.3 is 10.2 Å². The van der Waals surface area contributed by atoms with Gasteiger partial charge in [-0.3, -0.25) is 14.6 Å². The molecule has 158 valence electrons. The van der Waals surface area contributed by atoms with Gasteiger partial charge in [-0.2, -0.15) is 0 Å². The van der Waals surface area contributed by atoms with Crippen LogP contribution in [0.4, 0.5) is 0 Å². The van der Waals surface area contributed by atoms with E-state index in [0.717, 1.165) is 24.0 Å². The smallest absolute Gasteiger partial charge is 0.252 e. The molecule has 1 aliphatic heterocycles. The number of carbonyl (C=O) groups is 2. The average Bonchev–Trinajstić information content (AvgIpc) is 2.85. The number of benzene rings is 2. The van der Waals surface area contributed by atoms with Gasteiger partial charge >= 0.3 is 0 Å². The zero-order chi connectivity index (χ0) is 21.5. The Kier molecular flexibility index (Phi) is 6.72. The maximum absolute atomic E-state index is 13.5. The van der Waals surface area contributed by atoms with Crippen LogP contribution >= 0.6 is 0 Å². The highest BCUT2D eigenvalue weighted by atomic mass is 16.2. The summed E-state index contributed by atoms with van der Waals surface area (Å²) >= 11 is 0. The van der Waals surface area contributed by atoms with Crippen molar-refractivity contribution >= 4 is 11.8 Å². The molecule has 0 atom stereocenters. The van der Waals surface area contributed by atoms with Crippen LogP contribution in [0.1, 0.15) is 40.2 Å². The predicted octanol–water partition coefficient (Wildman–Crippen LogP) is 3.88. The normalized spacial score (nSPS) is 14.4. The number of aromatic nitrogens is 1. The van der Waals surface area contributed by atoms with E-state index in [-0.39, 0.29) is 17.7 Å². The topological polar surface area (TPSA) is 62.3 Å². The van der Waals surface area contributed by atoms with E-state index in [1.54, 1.807) is 24.5 Å². The quantitative estimate of drug-likeness (QED) is 0.667. The molecule has 1 fully saturated rings. The largest absolute Gasteiger partial charge is 0.352 e. The van der Waals surface area contributed by atoms with E-state index in [1.807, 2.05) is 65.6 Å². The lowest BCUT2D eigenvalue weighted by molar-refractivity contribution is -0.133. The fourth-order valence-electron chi connectivity index (χ4n) is 4.14.